The third kappa shape index (κ3) is 4.81. The van der Waals surface area contributed by atoms with Crippen LogP contribution in [0, 0.1) is 0 Å². The van der Waals surface area contributed by atoms with Crippen molar-refractivity contribution in [2.75, 3.05) is 7.05 Å². The van der Waals surface area contributed by atoms with Crippen molar-refractivity contribution in [3.05, 3.63) is 65.2 Å². The van der Waals surface area contributed by atoms with Crippen molar-refractivity contribution in [2.24, 2.45) is 5.14 Å². The zero-order chi connectivity index (χ0) is 18.8. The van der Waals surface area contributed by atoms with Gasteiger partial charge >= 0.3 is 6.18 Å². The number of rotatable bonds is 5. The van der Waals surface area contributed by atoms with E-state index in [9.17, 15) is 21.6 Å². The van der Waals surface area contributed by atoms with E-state index >= 15 is 0 Å². The molecule has 0 spiro atoms. The summed E-state index contributed by atoms with van der Waals surface area (Å²) in [6, 6.07) is 11.2. The monoisotopic (exact) mass is 372 g/mol. The summed E-state index contributed by atoms with van der Waals surface area (Å²) in [4.78, 5) is 1.75. The van der Waals surface area contributed by atoms with Gasteiger partial charge in [-0.1, -0.05) is 30.3 Å². The van der Waals surface area contributed by atoms with Crippen LogP contribution in [0.2, 0.25) is 0 Å². The van der Waals surface area contributed by atoms with Gasteiger partial charge < -0.3 is 0 Å². The Kier molecular flexibility index (Phi) is 5.55. The fourth-order valence-electron chi connectivity index (χ4n) is 2.53. The topological polar surface area (TPSA) is 63.4 Å². The SMILES string of the molecule is C[C@@H](c1ccc(S(N)(=O)=O)cc1)N(C)Cc1ccccc1C(F)(F)F. The number of hydrogen-bond acceptors (Lipinski definition) is 3. The molecule has 0 saturated heterocycles. The maximum atomic E-state index is 13.1. The van der Waals surface area contributed by atoms with Gasteiger partial charge in [0.1, 0.15) is 0 Å². The lowest BCUT2D eigenvalue weighted by Gasteiger charge is -2.26. The number of halogens is 3. The Bertz CT molecular complexity index is 834. The van der Waals surface area contributed by atoms with Crippen LogP contribution in [-0.2, 0) is 22.7 Å². The maximum absolute atomic E-state index is 13.1. The van der Waals surface area contributed by atoms with Crippen LogP contribution in [0.5, 0.6) is 0 Å². The molecule has 8 heteroatoms. The lowest BCUT2D eigenvalue weighted by atomic mass is 10.0. The highest BCUT2D eigenvalue weighted by atomic mass is 32.2. The molecular weight excluding hydrogens is 353 g/mol. The summed E-state index contributed by atoms with van der Waals surface area (Å²) in [5, 5.41) is 5.06. The molecule has 1 atom stereocenters. The van der Waals surface area contributed by atoms with Gasteiger partial charge in [-0.2, -0.15) is 13.2 Å². The Morgan fingerprint density at radius 1 is 1.08 bits per heavy atom. The Labute approximate surface area is 145 Å². The van der Waals surface area contributed by atoms with Crippen LogP contribution in [0.4, 0.5) is 13.2 Å². The van der Waals surface area contributed by atoms with Crippen molar-refractivity contribution in [1.82, 2.24) is 4.90 Å². The van der Waals surface area contributed by atoms with Crippen LogP contribution in [0.15, 0.2) is 53.4 Å². The van der Waals surface area contributed by atoms with E-state index in [-0.39, 0.29) is 23.0 Å². The van der Waals surface area contributed by atoms with Gasteiger partial charge in [0.2, 0.25) is 10.0 Å². The molecule has 136 valence electrons. The third-order valence-electron chi connectivity index (χ3n) is 4.09. The molecule has 0 aliphatic rings. The number of primary sulfonamides is 1. The fourth-order valence-corrected chi connectivity index (χ4v) is 3.05. The maximum Gasteiger partial charge on any atom is 0.416 e. The van der Waals surface area contributed by atoms with Crippen molar-refractivity contribution in [3.8, 4) is 0 Å². The first kappa shape index (κ1) is 19.4. The van der Waals surface area contributed by atoms with Crippen molar-refractivity contribution in [1.29, 1.82) is 0 Å². The molecule has 0 unspecified atom stereocenters. The zero-order valence-electron chi connectivity index (χ0n) is 13.8. The molecule has 4 nitrogen and oxygen atoms in total. The molecule has 2 rings (SSSR count). The van der Waals surface area contributed by atoms with Crippen LogP contribution >= 0.6 is 0 Å². The van der Waals surface area contributed by atoms with Crippen LogP contribution in [-0.4, -0.2) is 20.4 Å². The van der Waals surface area contributed by atoms with Gasteiger partial charge in [-0.25, -0.2) is 13.6 Å². The summed E-state index contributed by atoms with van der Waals surface area (Å²) in [5.74, 6) is 0. The number of hydrogen-bond donors (Lipinski definition) is 1. The lowest BCUT2D eigenvalue weighted by Crippen LogP contribution is -2.24. The van der Waals surface area contributed by atoms with Gasteiger partial charge in [-0.05, 0) is 43.3 Å². The average Bonchev–Trinajstić information content (AvgIpc) is 2.53. The third-order valence-corrected chi connectivity index (χ3v) is 5.02. The minimum atomic E-state index is -4.40. The molecule has 0 saturated carbocycles. The summed E-state index contributed by atoms with van der Waals surface area (Å²) in [5.41, 5.74) is 0.309. The molecular formula is C17H19F3N2O2S. The summed E-state index contributed by atoms with van der Waals surface area (Å²) in [6.07, 6.45) is -4.40. The summed E-state index contributed by atoms with van der Waals surface area (Å²) in [7, 11) is -2.06. The normalized spacial score (nSPS) is 13.9. The van der Waals surface area contributed by atoms with E-state index in [0.717, 1.165) is 11.6 Å². The van der Waals surface area contributed by atoms with E-state index in [0.29, 0.717) is 0 Å². The van der Waals surface area contributed by atoms with E-state index in [1.54, 1.807) is 30.1 Å². The van der Waals surface area contributed by atoms with Crippen LogP contribution in [0.3, 0.4) is 0 Å². The highest BCUT2D eigenvalue weighted by Gasteiger charge is 2.33. The number of alkyl halides is 3. The first-order chi connectivity index (χ1) is 11.5. The van der Waals surface area contributed by atoms with Crippen molar-refractivity contribution in [3.63, 3.8) is 0 Å². The van der Waals surface area contributed by atoms with Gasteiger partial charge in [-0.15, -0.1) is 0 Å². The molecule has 0 aliphatic heterocycles. The van der Waals surface area contributed by atoms with E-state index in [4.69, 9.17) is 5.14 Å². The highest BCUT2D eigenvalue weighted by Crippen LogP contribution is 2.33. The Hall–Kier alpha value is -1.90. The van der Waals surface area contributed by atoms with Crippen LogP contribution in [0.1, 0.15) is 29.7 Å². The van der Waals surface area contributed by atoms with E-state index in [1.807, 2.05) is 6.92 Å². The van der Waals surface area contributed by atoms with Crippen molar-refractivity contribution >= 4 is 10.0 Å². The molecule has 0 bridgehead atoms. The first-order valence-corrected chi connectivity index (χ1v) is 9.03. The van der Waals surface area contributed by atoms with Crippen molar-refractivity contribution in [2.45, 2.75) is 30.6 Å². The average molecular weight is 372 g/mol. The molecule has 0 fully saturated rings. The molecule has 0 amide bonds. The van der Waals surface area contributed by atoms with Gasteiger partial charge in [0.25, 0.3) is 0 Å². The molecule has 2 aromatic carbocycles. The largest absolute Gasteiger partial charge is 0.416 e. The fraction of sp³-hybridized carbons (Fsp3) is 0.294. The molecule has 2 N–H and O–H groups in total. The number of benzene rings is 2. The predicted octanol–water partition coefficient (Wildman–Crippen LogP) is 3.55. The molecule has 25 heavy (non-hydrogen) atoms. The number of nitrogens with two attached hydrogens (primary N) is 1. The Morgan fingerprint density at radius 2 is 1.64 bits per heavy atom. The van der Waals surface area contributed by atoms with E-state index in [2.05, 4.69) is 0 Å². The molecule has 0 radical (unpaired) electrons. The standard InChI is InChI=1S/C17H19F3N2O2S/c1-12(13-7-9-15(10-8-13)25(21,23)24)22(2)11-14-5-3-4-6-16(14)17(18,19)20/h3-10,12H,11H2,1-2H3,(H2,21,23,24)/t12-/m0/s1. The molecule has 0 heterocycles. The van der Waals surface area contributed by atoms with Crippen LogP contribution < -0.4 is 5.14 Å². The summed E-state index contributed by atoms with van der Waals surface area (Å²) < 4.78 is 61.8. The second-order valence-electron chi connectivity index (χ2n) is 5.86. The second-order valence-corrected chi connectivity index (χ2v) is 7.42. The van der Waals surface area contributed by atoms with E-state index in [1.165, 1.54) is 24.3 Å². The summed E-state index contributed by atoms with van der Waals surface area (Å²) in [6.45, 7) is 1.94. The van der Waals surface area contributed by atoms with Gasteiger partial charge in [0.05, 0.1) is 10.5 Å². The first-order valence-electron chi connectivity index (χ1n) is 7.48. The Morgan fingerprint density at radius 3 is 2.16 bits per heavy atom. The Balaban J connectivity index is 2.20. The lowest BCUT2D eigenvalue weighted by molar-refractivity contribution is -0.138. The van der Waals surface area contributed by atoms with Gasteiger partial charge in [0.15, 0.2) is 0 Å². The quantitative estimate of drug-likeness (QED) is 0.873. The van der Waals surface area contributed by atoms with Gasteiger partial charge in [0, 0.05) is 12.6 Å². The van der Waals surface area contributed by atoms with Crippen molar-refractivity contribution < 1.29 is 21.6 Å². The number of sulfonamides is 1. The highest BCUT2D eigenvalue weighted by molar-refractivity contribution is 7.89. The smallest absolute Gasteiger partial charge is 0.295 e. The predicted molar refractivity (Wildman–Crippen MR) is 89.1 cm³/mol. The van der Waals surface area contributed by atoms with Crippen LogP contribution in [0.25, 0.3) is 0 Å². The van der Waals surface area contributed by atoms with Gasteiger partial charge in [-0.3, -0.25) is 4.90 Å². The molecule has 0 aromatic heterocycles. The molecule has 2 aromatic rings. The number of nitrogens with zero attached hydrogens (tertiary/aromatic N) is 1. The molecule has 0 aliphatic carbocycles. The summed E-state index contributed by atoms with van der Waals surface area (Å²) >= 11 is 0. The minimum absolute atomic E-state index is 0.00600. The van der Waals surface area contributed by atoms with E-state index < -0.39 is 21.8 Å². The minimum Gasteiger partial charge on any atom is -0.295 e. The zero-order valence-corrected chi connectivity index (χ0v) is 14.6. The second kappa shape index (κ2) is 7.15.